The molecule has 0 saturated carbocycles. The van der Waals surface area contributed by atoms with E-state index in [2.05, 4.69) is 57.0 Å². The van der Waals surface area contributed by atoms with Crippen molar-refractivity contribution in [1.82, 2.24) is 10.3 Å². The molecule has 0 spiro atoms. The van der Waals surface area contributed by atoms with Gasteiger partial charge in [0.05, 0.1) is 0 Å². The van der Waals surface area contributed by atoms with Gasteiger partial charge in [0.2, 0.25) is 0 Å². The van der Waals surface area contributed by atoms with Gasteiger partial charge >= 0.3 is 0 Å². The summed E-state index contributed by atoms with van der Waals surface area (Å²) in [4.78, 5) is 7.16. The molecule has 1 atom stereocenters. The van der Waals surface area contributed by atoms with Crippen molar-refractivity contribution >= 4 is 5.82 Å². The molecule has 1 aliphatic rings. The monoisotopic (exact) mass is 289 g/mol. The zero-order chi connectivity index (χ0) is 15.5. The third-order valence-corrected chi connectivity index (χ3v) is 4.36. The third kappa shape index (κ3) is 4.44. The Morgan fingerprint density at radius 3 is 2.52 bits per heavy atom. The first-order valence-corrected chi connectivity index (χ1v) is 8.34. The number of anilines is 1. The van der Waals surface area contributed by atoms with E-state index in [0.29, 0.717) is 12.1 Å². The van der Waals surface area contributed by atoms with E-state index in [1.807, 2.05) is 6.20 Å². The van der Waals surface area contributed by atoms with Crippen LogP contribution >= 0.6 is 0 Å². The van der Waals surface area contributed by atoms with Gasteiger partial charge < -0.3 is 10.2 Å². The molecule has 1 aromatic heterocycles. The molecule has 2 rings (SSSR count). The summed E-state index contributed by atoms with van der Waals surface area (Å²) in [6.07, 6.45) is 5.99. The first-order chi connectivity index (χ1) is 9.88. The van der Waals surface area contributed by atoms with Crippen molar-refractivity contribution < 1.29 is 0 Å². The van der Waals surface area contributed by atoms with E-state index in [9.17, 15) is 0 Å². The fourth-order valence-corrected chi connectivity index (χ4v) is 2.89. The van der Waals surface area contributed by atoms with Gasteiger partial charge in [-0.3, -0.25) is 0 Å². The van der Waals surface area contributed by atoms with E-state index in [1.165, 1.54) is 24.8 Å². The molecule has 3 heteroatoms. The second kappa shape index (κ2) is 6.78. The number of nitrogens with one attached hydrogen (secondary N) is 1. The lowest BCUT2D eigenvalue weighted by Gasteiger charge is -2.34. The van der Waals surface area contributed by atoms with Gasteiger partial charge in [-0.1, -0.05) is 33.3 Å². The minimum atomic E-state index is 0.166. The van der Waals surface area contributed by atoms with E-state index < -0.39 is 0 Å². The molecule has 1 saturated heterocycles. The summed E-state index contributed by atoms with van der Waals surface area (Å²) in [6, 6.07) is 5.49. The largest absolute Gasteiger partial charge is 0.353 e. The molecular weight excluding hydrogens is 258 g/mol. The van der Waals surface area contributed by atoms with E-state index in [0.717, 1.165) is 18.9 Å². The van der Waals surface area contributed by atoms with E-state index in [-0.39, 0.29) is 5.41 Å². The lowest BCUT2D eigenvalue weighted by atomic mass is 9.88. The van der Waals surface area contributed by atoms with Crippen LogP contribution in [0.5, 0.6) is 0 Å². The van der Waals surface area contributed by atoms with Gasteiger partial charge in [0, 0.05) is 24.8 Å². The molecule has 1 N–H and O–H groups in total. The summed E-state index contributed by atoms with van der Waals surface area (Å²) >= 11 is 0. The average Bonchev–Trinajstić information content (AvgIpc) is 2.45. The van der Waals surface area contributed by atoms with Crippen molar-refractivity contribution in [1.29, 1.82) is 0 Å². The molecule has 3 nitrogen and oxygen atoms in total. The first kappa shape index (κ1) is 16.3. The number of nitrogens with zero attached hydrogens (tertiary/aromatic N) is 2. The van der Waals surface area contributed by atoms with Crippen LogP contribution in [0.25, 0.3) is 0 Å². The van der Waals surface area contributed by atoms with Crippen molar-refractivity contribution in [2.45, 2.75) is 71.4 Å². The minimum Gasteiger partial charge on any atom is -0.353 e. The zero-order valence-electron chi connectivity index (χ0n) is 14.3. The van der Waals surface area contributed by atoms with Gasteiger partial charge in [-0.05, 0) is 50.3 Å². The summed E-state index contributed by atoms with van der Waals surface area (Å²) in [6.45, 7) is 13.4. The second-order valence-electron chi connectivity index (χ2n) is 7.55. The summed E-state index contributed by atoms with van der Waals surface area (Å²) in [5.41, 5.74) is 1.46. The van der Waals surface area contributed by atoms with Crippen molar-refractivity contribution in [3.05, 3.63) is 23.9 Å². The maximum absolute atomic E-state index is 4.73. The molecule has 1 aromatic rings. The zero-order valence-corrected chi connectivity index (χ0v) is 14.3. The number of rotatable bonds is 4. The number of hydrogen-bond acceptors (Lipinski definition) is 3. The predicted molar refractivity (Wildman–Crippen MR) is 91.1 cm³/mol. The summed E-state index contributed by atoms with van der Waals surface area (Å²) in [5, 5.41) is 3.64. The number of aromatic nitrogens is 1. The molecule has 118 valence electrons. The van der Waals surface area contributed by atoms with Gasteiger partial charge in [0.25, 0.3) is 0 Å². The molecule has 2 heterocycles. The molecule has 0 aliphatic carbocycles. The SMILES string of the molecule is CC(C)N(CC1CCCCN1)c1ccc(C(C)(C)C)cn1. The van der Waals surface area contributed by atoms with E-state index >= 15 is 0 Å². The van der Waals surface area contributed by atoms with Gasteiger partial charge in [-0.2, -0.15) is 0 Å². The highest BCUT2D eigenvalue weighted by Crippen LogP contribution is 2.24. The molecule has 0 aromatic carbocycles. The molecule has 1 fully saturated rings. The Morgan fingerprint density at radius 2 is 2.05 bits per heavy atom. The molecule has 0 bridgehead atoms. The van der Waals surface area contributed by atoms with Crippen LogP contribution in [-0.4, -0.2) is 30.2 Å². The Hall–Kier alpha value is -1.09. The highest BCUT2D eigenvalue weighted by Gasteiger charge is 2.20. The maximum atomic E-state index is 4.73. The standard InChI is InChI=1S/C18H31N3/c1-14(2)21(13-16-8-6-7-11-19-16)17-10-9-15(12-20-17)18(3,4)5/h9-10,12,14,16,19H,6-8,11,13H2,1-5H3. The highest BCUT2D eigenvalue weighted by atomic mass is 15.2. The Bertz CT molecular complexity index is 425. The Balaban J connectivity index is 2.10. The topological polar surface area (TPSA) is 28.2 Å². The van der Waals surface area contributed by atoms with Crippen LogP contribution in [0.1, 0.15) is 59.4 Å². The third-order valence-electron chi connectivity index (χ3n) is 4.36. The van der Waals surface area contributed by atoms with Gasteiger partial charge in [0.1, 0.15) is 5.82 Å². The van der Waals surface area contributed by atoms with Crippen LogP contribution in [0.3, 0.4) is 0 Å². The molecule has 0 amide bonds. The Labute approximate surface area is 130 Å². The fraction of sp³-hybridized carbons (Fsp3) is 0.722. The van der Waals surface area contributed by atoms with Crippen LogP contribution in [0.2, 0.25) is 0 Å². The Morgan fingerprint density at radius 1 is 1.29 bits per heavy atom. The average molecular weight is 289 g/mol. The quantitative estimate of drug-likeness (QED) is 0.915. The van der Waals surface area contributed by atoms with E-state index in [1.54, 1.807) is 0 Å². The molecular formula is C18H31N3. The van der Waals surface area contributed by atoms with Gasteiger partial charge in [-0.15, -0.1) is 0 Å². The lowest BCUT2D eigenvalue weighted by molar-refractivity contribution is 0.392. The summed E-state index contributed by atoms with van der Waals surface area (Å²) in [5.74, 6) is 1.10. The maximum Gasteiger partial charge on any atom is 0.128 e. The Kier molecular flexibility index (Phi) is 5.26. The first-order valence-electron chi connectivity index (χ1n) is 8.34. The van der Waals surface area contributed by atoms with Crippen molar-refractivity contribution in [2.24, 2.45) is 0 Å². The van der Waals surface area contributed by atoms with Crippen molar-refractivity contribution in [3.8, 4) is 0 Å². The minimum absolute atomic E-state index is 0.166. The van der Waals surface area contributed by atoms with Crippen LogP contribution in [0.15, 0.2) is 18.3 Å². The smallest absolute Gasteiger partial charge is 0.128 e. The van der Waals surface area contributed by atoms with Crippen molar-refractivity contribution in [2.75, 3.05) is 18.0 Å². The number of hydrogen-bond donors (Lipinski definition) is 1. The summed E-state index contributed by atoms with van der Waals surface area (Å²) < 4.78 is 0. The molecule has 1 unspecified atom stereocenters. The molecule has 0 radical (unpaired) electrons. The van der Waals surface area contributed by atoms with Crippen LogP contribution in [0, 0.1) is 0 Å². The van der Waals surface area contributed by atoms with E-state index in [4.69, 9.17) is 4.98 Å². The molecule has 21 heavy (non-hydrogen) atoms. The van der Waals surface area contributed by atoms with Crippen LogP contribution in [-0.2, 0) is 5.41 Å². The van der Waals surface area contributed by atoms with Crippen LogP contribution < -0.4 is 10.2 Å². The van der Waals surface area contributed by atoms with Crippen LogP contribution in [0.4, 0.5) is 5.82 Å². The summed E-state index contributed by atoms with van der Waals surface area (Å²) in [7, 11) is 0. The normalized spacial score (nSPS) is 19.8. The fourth-order valence-electron chi connectivity index (χ4n) is 2.89. The lowest BCUT2D eigenvalue weighted by Crippen LogP contribution is -2.46. The van der Waals surface area contributed by atoms with Gasteiger partial charge in [-0.25, -0.2) is 4.98 Å². The molecule has 1 aliphatic heterocycles. The predicted octanol–water partition coefficient (Wildman–Crippen LogP) is 3.74. The number of piperidine rings is 1. The number of pyridine rings is 1. The van der Waals surface area contributed by atoms with Crippen molar-refractivity contribution in [3.63, 3.8) is 0 Å². The van der Waals surface area contributed by atoms with Gasteiger partial charge in [0.15, 0.2) is 0 Å². The second-order valence-corrected chi connectivity index (χ2v) is 7.55. The highest BCUT2D eigenvalue weighted by molar-refractivity contribution is 5.41.